The highest BCUT2D eigenvalue weighted by Crippen LogP contribution is 2.33. The number of hydrogen-bond donors (Lipinski definition) is 0. The molecule has 6 rings (SSSR count). The van der Waals surface area contributed by atoms with Crippen LogP contribution in [0.3, 0.4) is 0 Å². The summed E-state index contributed by atoms with van der Waals surface area (Å²) < 4.78 is 1.83. The van der Waals surface area contributed by atoms with Crippen LogP contribution in [0.25, 0.3) is 11.2 Å². The van der Waals surface area contributed by atoms with Crippen LogP contribution < -0.4 is 9.80 Å². The van der Waals surface area contributed by atoms with Gasteiger partial charge in [0.15, 0.2) is 16.5 Å². The van der Waals surface area contributed by atoms with Crippen molar-refractivity contribution in [2.75, 3.05) is 36.0 Å². The van der Waals surface area contributed by atoms with Gasteiger partial charge in [0.1, 0.15) is 18.1 Å². The van der Waals surface area contributed by atoms with Crippen molar-refractivity contribution in [3.05, 3.63) is 65.1 Å². The molecule has 1 unspecified atom stereocenters. The number of imidazole rings is 1. The van der Waals surface area contributed by atoms with Crippen LogP contribution in [-0.2, 0) is 24.3 Å². The van der Waals surface area contributed by atoms with Gasteiger partial charge in [0.2, 0.25) is 5.91 Å². The first-order chi connectivity index (χ1) is 17.6. The number of amides is 1. The van der Waals surface area contributed by atoms with E-state index in [1.807, 2.05) is 27.0 Å². The number of hydrogen-bond acceptors (Lipinski definition) is 8. The first-order valence-electron chi connectivity index (χ1n) is 12.1. The lowest BCUT2D eigenvalue weighted by atomic mass is 9.97. The topological polar surface area (TPSA) is 94.2 Å². The van der Waals surface area contributed by atoms with Crippen molar-refractivity contribution in [1.82, 2.24) is 24.4 Å². The molecule has 1 atom stereocenters. The number of benzene rings is 1. The van der Waals surface area contributed by atoms with E-state index in [0.717, 1.165) is 48.9 Å². The van der Waals surface area contributed by atoms with Crippen molar-refractivity contribution in [2.24, 2.45) is 0 Å². The van der Waals surface area contributed by atoms with Crippen LogP contribution in [0.15, 0.2) is 48.2 Å². The predicted molar refractivity (Wildman–Crippen MR) is 139 cm³/mol. The Labute approximate surface area is 213 Å². The number of pyridine rings is 1. The van der Waals surface area contributed by atoms with E-state index in [-0.39, 0.29) is 18.5 Å². The molecule has 1 amide bonds. The summed E-state index contributed by atoms with van der Waals surface area (Å²) in [5.41, 5.74) is 5.93. The monoisotopic (exact) mass is 498 g/mol. The van der Waals surface area contributed by atoms with E-state index >= 15 is 0 Å². The maximum absolute atomic E-state index is 13.2. The lowest BCUT2D eigenvalue weighted by Gasteiger charge is -2.42. The molecule has 2 aliphatic heterocycles. The van der Waals surface area contributed by atoms with Crippen LogP contribution in [-0.4, -0.2) is 62.5 Å². The molecule has 0 N–H and O–H groups in total. The van der Waals surface area contributed by atoms with Crippen molar-refractivity contribution in [3.8, 4) is 6.07 Å². The normalized spacial score (nSPS) is 17.8. The van der Waals surface area contributed by atoms with Crippen LogP contribution in [0.2, 0.25) is 0 Å². The number of fused-ring (bicyclic) bond motifs is 2. The molecule has 0 saturated carbocycles. The van der Waals surface area contributed by atoms with Crippen molar-refractivity contribution < 1.29 is 4.79 Å². The van der Waals surface area contributed by atoms with E-state index in [4.69, 9.17) is 5.26 Å². The quantitative estimate of drug-likeness (QED) is 0.427. The molecule has 3 aromatic heterocycles. The van der Waals surface area contributed by atoms with Crippen molar-refractivity contribution in [3.63, 3.8) is 0 Å². The lowest BCUT2D eigenvalue weighted by Crippen LogP contribution is -2.55. The van der Waals surface area contributed by atoms with Gasteiger partial charge < -0.3 is 19.3 Å². The van der Waals surface area contributed by atoms with Gasteiger partial charge >= 0.3 is 0 Å². The van der Waals surface area contributed by atoms with Crippen LogP contribution in [0.5, 0.6) is 0 Å². The molecule has 5 heterocycles. The summed E-state index contributed by atoms with van der Waals surface area (Å²) in [5, 5.41) is 11.9. The largest absolute Gasteiger partial charge is 0.367 e. The summed E-state index contributed by atoms with van der Waals surface area (Å²) in [5.74, 6) is 0.0884. The molecular formula is C26H26N8OS. The van der Waals surface area contributed by atoms with Crippen molar-refractivity contribution in [1.29, 1.82) is 5.26 Å². The molecule has 1 aromatic carbocycles. The van der Waals surface area contributed by atoms with Gasteiger partial charge in [0.05, 0.1) is 6.33 Å². The molecule has 36 heavy (non-hydrogen) atoms. The number of nitrogens with zero attached hydrogens (tertiary/aromatic N) is 8. The molecule has 1 saturated heterocycles. The van der Waals surface area contributed by atoms with Gasteiger partial charge in [-0.2, -0.15) is 5.26 Å². The summed E-state index contributed by atoms with van der Waals surface area (Å²) in [6.07, 6.45) is 4.37. The van der Waals surface area contributed by atoms with E-state index in [0.29, 0.717) is 12.2 Å². The number of carbonyl (C=O) groups is 1. The Bertz CT molecular complexity index is 1470. The van der Waals surface area contributed by atoms with Gasteiger partial charge in [-0.1, -0.05) is 12.1 Å². The SMILES string of the molecule is CC1CN(c2cccc3c2CN(c2nc(C#N)cs2)CC3)CCN1C(=O)Cn1cnc2cccnc21. The summed E-state index contributed by atoms with van der Waals surface area (Å²) in [6.45, 7) is 6.27. The minimum Gasteiger partial charge on any atom is -0.367 e. The maximum atomic E-state index is 13.2. The fraction of sp³-hybridized carbons (Fsp3) is 0.346. The second kappa shape index (κ2) is 9.24. The Balaban J connectivity index is 1.17. The number of carbonyl (C=O) groups excluding carboxylic acids is 1. The third kappa shape index (κ3) is 4.05. The smallest absolute Gasteiger partial charge is 0.242 e. The van der Waals surface area contributed by atoms with Gasteiger partial charge in [-0.25, -0.2) is 15.0 Å². The molecule has 1 fully saturated rings. The molecule has 0 spiro atoms. The van der Waals surface area contributed by atoms with E-state index in [9.17, 15) is 4.79 Å². The molecule has 182 valence electrons. The average molecular weight is 499 g/mol. The average Bonchev–Trinajstić information content (AvgIpc) is 3.55. The van der Waals surface area contributed by atoms with E-state index < -0.39 is 0 Å². The zero-order chi connectivity index (χ0) is 24.6. The fourth-order valence-corrected chi connectivity index (χ4v) is 6.06. The molecule has 0 radical (unpaired) electrons. The first-order valence-corrected chi connectivity index (χ1v) is 13.0. The number of aromatic nitrogens is 4. The van der Waals surface area contributed by atoms with Crippen LogP contribution in [0.4, 0.5) is 10.8 Å². The number of rotatable bonds is 4. The number of anilines is 2. The molecule has 0 bridgehead atoms. The molecule has 2 aliphatic rings. The van der Waals surface area contributed by atoms with Gasteiger partial charge in [-0.05, 0) is 42.7 Å². The Morgan fingerprint density at radius 3 is 2.92 bits per heavy atom. The highest BCUT2D eigenvalue weighted by Gasteiger charge is 2.30. The molecule has 9 nitrogen and oxygen atoms in total. The van der Waals surface area contributed by atoms with Crippen LogP contribution in [0, 0.1) is 11.3 Å². The first kappa shape index (κ1) is 22.5. The Morgan fingerprint density at radius 2 is 2.08 bits per heavy atom. The predicted octanol–water partition coefficient (Wildman–Crippen LogP) is 3.06. The lowest BCUT2D eigenvalue weighted by molar-refractivity contribution is -0.134. The van der Waals surface area contributed by atoms with E-state index in [2.05, 4.69) is 55.9 Å². The third-order valence-electron chi connectivity index (χ3n) is 7.09. The van der Waals surface area contributed by atoms with Gasteiger partial charge in [-0.15, -0.1) is 11.3 Å². The Kier molecular flexibility index (Phi) is 5.77. The number of thiazole rings is 1. The van der Waals surface area contributed by atoms with Crippen LogP contribution >= 0.6 is 11.3 Å². The fourth-order valence-electron chi connectivity index (χ4n) is 5.28. The standard InChI is InChI=1S/C26H26N8OS/c1-18-13-31(10-11-34(18)24(35)15-33-17-29-22-5-3-8-28-25(22)33)23-6-2-4-19-7-9-32(14-21(19)23)26-30-20(12-27)16-36-26/h2-6,8,16-18H,7,9-11,13-15H2,1H3. The second-order valence-electron chi connectivity index (χ2n) is 9.31. The van der Waals surface area contributed by atoms with Crippen molar-refractivity contribution >= 4 is 39.2 Å². The summed E-state index contributed by atoms with van der Waals surface area (Å²) >= 11 is 1.53. The zero-order valence-corrected chi connectivity index (χ0v) is 20.9. The van der Waals surface area contributed by atoms with Gasteiger partial charge in [0.25, 0.3) is 0 Å². The van der Waals surface area contributed by atoms with Gasteiger partial charge in [-0.3, -0.25) is 4.79 Å². The molecular weight excluding hydrogens is 472 g/mol. The Morgan fingerprint density at radius 1 is 1.17 bits per heavy atom. The zero-order valence-electron chi connectivity index (χ0n) is 20.0. The summed E-state index contributed by atoms with van der Waals surface area (Å²) in [4.78, 5) is 33.1. The van der Waals surface area contributed by atoms with E-state index in [1.165, 1.54) is 28.2 Å². The summed E-state index contributed by atoms with van der Waals surface area (Å²) in [7, 11) is 0. The summed E-state index contributed by atoms with van der Waals surface area (Å²) in [6, 6.07) is 12.5. The number of nitriles is 1. The second-order valence-corrected chi connectivity index (χ2v) is 10.2. The van der Waals surface area contributed by atoms with Crippen LogP contribution in [0.1, 0.15) is 23.7 Å². The minimum atomic E-state index is 0.0849. The molecule has 4 aromatic rings. The van der Waals surface area contributed by atoms with Crippen molar-refractivity contribution in [2.45, 2.75) is 32.5 Å². The molecule has 0 aliphatic carbocycles. The maximum Gasteiger partial charge on any atom is 0.242 e. The highest BCUT2D eigenvalue weighted by molar-refractivity contribution is 7.13. The highest BCUT2D eigenvalue weighted by atomic mass is 32.1. The van der Waals surface area contributed by atoms with Gasteiger partial charge in [0, 0.05) is 56.0 Å². The van der Waals surface area contributed by atoms with E-state index in [1.54, 1.807) is 12.5 Å². The third-order valence-corrected chi connectivity index (χ3v) is 8.00. The molecule has 10 heteroatoms. The Hall–Kier alpha value is -3.97. The minimum absolute atomic E-state index is 0.0849. The number of piperazine rings is 1.